The molecular weight excluding hydrogens is 582 g/mol. The highest BCUT2D eigenvalue weighted by molar-refractivity contribution is 6.45. The van der Waals surface area contributed by atoms with Gasteiger partial charge in [-0.25, -0.2) is 13.8 Å². The third-order valence-corrected chi connectivity index (χ3v) is 6.84. The first-order chi connectivity index (χ1) is 21.4. The number of rotatable bonds is 15. The van der Waals surface area contributed by atoms with Crippen molar-refractivity contribution >= 4 is 40.3 Å². The van der Waals surface area contributed by atoms with Crippen LogP contribution < -0.4 is 21.3 Å². The summed E-state index contributed by atoms with van der Waals surface area (Å²) in [5, 5.41) is 30.8. The van der Waals surface area contributed by atoms with Crippen LogP contribution in [0.1, 0.15) is 68.9 Å². The number of carbonyl (C=O) groups is 2. The fourth-order valence-corrected chi connectivity index (χ4v) is 4.10. The summed E-state index contributed by atoms with van der Waals surface area (Å²) >= 11 is 0. The first-order valence-electron chi connectivity index (χ1n) is 14.8. The standard InChI is InChI=1S/C33H44F2N6O4/c1-7-14-37-32(21(5)38-17-20(4)26-12-13-28(36-6)31(35)30(26)34)41-23-10-11-27(22(8-2)15-23)33(45)40-19-25(43)18-39-29(44)16-24(42)9-3/h7,10-15,17,24-25,36,42-43H,8-9,16,18-19H2,1-6H3,(H,37,41)(H,39,44)(H,40,45)/b14-7-,20-17+,38-21+. The van der Waals surface area contributed by atoms with E-state index in [9.17, 15) is 28.6 Å². The lowest BCUT2D eigenvalue weighted by Crippen LogP contribution is -2.40. The molecule has 0 saturated carbocycles. The molecule has 0 aromatic heterocycles. The number of aliphatic hydroxyl groups is 2. The van der Waals surface area contributed by atoms with Crippen molar-refractivity contribution in [3.63, 3.8) is 0 Å². The number of allylic oxidation sites excluding steroid dienone is 2. The Hall–Kier alpha value is -4.42. The molecular formula is C33H44F2N6O4. The van der Waals surface area contributed by atoms with Crippen LogP contribution in [0, 0.1) is 11.6 Å². The number of aliphatic imine (C=N–C) groups is 2. The molecule has 45 heavy (non-hydrogen) atoms. The highest BCUT2D eigenvalue weighted by atomic mass is 19.2. The number of amidine groups is 1. The topological polar surface area (TPSA) is 147 Å². The Bertz CT molecular complexity index is 1450. The summed E-state index contributed by atoms with van der Waals surface area (Å²) in [6.45, 7) is 8.72. The van der Waals surface area contributed by atoms with Crippen LogP contribution in [-0.4, -0.2) is 65.9 Å². The maximum absolute atomic E-state index is 14.6. The fraction of sp³-hybridized carbons (Fsp3) is 0.394. The van der Waals surface area contributed by atoms with Crippen LogP contribution in [0.15, 0.2) is 58.8 Å². The average Bonchev–Trinajstić information content (AvgIpc) is 3.04. The monoisotopic (exact) mass is 626 g/mol. The second-order valence-electron chi connectivity index (χ2n) is 10.3. The predicted octanol–water partition coefficient (Wildman–Crippen LogP) is 4.80. The van der Waals surface area contributed by atoms with Crippen molar-refractivity contribution in [1.29, 1.82) is 0 Å². The Morgan fingerprint density at radius 1 is 0.956 bits per heavy atom. The molecule has 0 aliphatic rings. The van der Waals surface area contributed by atoms with E-state index in [1.807, 2.05) is 19.9 Å². The van der Waals surface area contributed by atoms with Gasteiger partial charge in [0, 0.05) is 49.4 Å². The molecule has 6 N–H and O–H groups in total. The van der Waals surface area contributed by atoms with E-state index in [1.165, 1.54) is 25.4 Å². The Morgan fingerprint density at radius 3 is 2.29 bits per heavy atom. The molecule has 10 nitrogen and oxygen atoms in total. The van der Waals surface area contributed by atoms with E-state index < -0.39 is 23.8 Å². The van der Waals surface area contributed by atoms with Crippen molar-refractivity contribution in [2.45, 2.75) is 66.1 Å². The molecule has 2 unspecified atom stereocenters. The van der Waals surface area contributed by atoms with Crippen LogP contribution >= 0.6 is 0 Å². The summed E-state index contributed by atoms with van der Waals surface area (Å²) < 4.78 is 28.8. The molecule has 2 aromatic rings. The maximum atomic E-state index is 14.6. The van der Waals surface area contributed by atoms with Gasteiger partial charge in [-0.3, -0.25) is 14.6 Å². The summed E-state index contributed by atoms with van der Waals surface area (Å²) in [5.41, 5.74) is 2.87. The summed E-state index contributed by atoms with van der Waals surface area (Å²) in [7, 11) is 1.51. The lowest BCUT2D eigenvalue weighted by Gasteiger charge is -2.16. The largest absolute Gasteiger partial charge is 0.393 e. The summed E-state index contributed by atoms with van der Waals surface area (Å²) in [6, 6.07) is 8.13. The van der Waals surface area contributed by atoms with Gasteiger partial charge >= 0.3 is 0 Å². The van der Waals surface area contributed by atoms with Gasteiger partial charge in [0.05, 0.1) is 30.0 Å². The number of hydrogen-bond acceptors (Lipinski definition) is 7. The van der Waals surface area contributed by atoms with Gasteiger partial charge in [-0.1, -0.05) is 19.9 Å². The van der Waals surface area contributed by atoms with Gasteiger partial charge < -0.3 is 31.5 Å². The second kappa shape index (κ2) is 18.4. The minimum Gasteiger partial charge on any atom is -0.393 e. The number of nitrogens with one attached hydrogen (secondary N) is 4. The number of anilines is 2. The van der Waals surface area contributed by atoms with Crippen LogP contribution in [0.2, 0.25) is 0 Å². The molecule has 0 aliphatic carbocycles. The first kappa shape index (κ1) is 36.8. The predicted molar refractivity (Wildman–Crippen MR) is 177 cm³/mol. The first-order valence-corrected chi connectivity index (χ1v) is 14.8. The van der Waals surface area contributed by atoms with E-state index in [4.69, 9.17) is 0 Å². The zero-order valence-corrected chi connectivity index (χ0v) is 26.7. The van der Waals surface area contributed by atoms with Gasteiger partial charge in [0.2, 0.25) is 5.91 Å². The van der Waals surface area contributed by atoms with Crippen LogP contribution in [0.3, 0.4) is 0 Å². The van der Waals surface area contributed by atoms with E-state index in [0.29, 0.717) is 41.2 Å². The third-order valence-electron chi connectivity index (χ3n) is 6.84. The Balaban J connectivity index is 2.15. The molecule has 244 valence electrons. The molecule has 2 aromatic carbocycles. The van der Waals surface area contributed by atoms with Crippen molar-refractivity contribution < 1.29 is 28.6 Å². The zero-order chi connectivity index (χ0) is 33.5. The summed E-state index contributed by atoms with van der Waals surface area (Å²) in [5.74, 6) is -2.28. The van der Waals surface area contributed by atoms with Crippen molar-refractivity contribution in [1.82, 2.24) is 10.6 Å². The molecule has 2 rings (SSSR count). The number of hydrogen-bond donors (Lipinski definition) is 6. The quantitative estimate of drug-likeness (QED) is 0.124. The molecule has 0 heterocycles. The van der Waals surface area contributed by atoms with E-state index in [2.05, 4.69) is 31.3 Å². The van der Waals surface area contributed by atoms with Gasteiger partial charge in [-0.05, 0) is 75.1 Å². The van der Waals surface area contributed by atoms with Crippen LogP contribution in [0.25, 0.3) is 5.57 Å². The van der Waals surface area contributed by atoms with Crippen molar-refractivity contribution in [2.75, 3.05) is 30.8 Å². The number of amides is 2. The van der Waals surface area contributed by atoms with Gasteiger partial charge in [0.1, 0.15) is 0 Å². The molecule has 12 heteroatoms. The minimum absolute atomic E-state index is 0.0501. The second-order valence-corrected chi connectivity index (χ2v) is 10.3. The average molecular weight is 627 g/mol. The van der Waals surface area contributed by atoms with Crippen molar-refractivity contribution in [2.24, 2.45) is 9.98 Å². The van der Waals surface area contributed by atoms with Crippen molar-refractivity contribution in [3.05, 3.63) is 77.1 Å². The normalized spacial score (nSPS) is 13.9. The van der Waals surface area contributed by atoms with E-state index >= 15 is 0 Å². The third kappa shape index (κ3) is 11.2. The maximum Gasteiger partial charge on any atom is 0.251 e. The number of benzene rings is 2. The Kier molecular flexibility index (Phi) is 15.0. The van der Waals surface area contributed by atoms with E-state index in [-0.39, 0.29) is 42.6 Å². The molecule has 0 radical (unpaired) electrons. The number of nitrogens with zero attached hydrogens (tertiary/aromatic N) is 2. The lowest BCUT2D eigenvalue weighted by molar-refractivity contribution is -0.123. The minimum atomic E-state index is -1.00. The highest BCUT2D eigenvalue weighted by Gasteiger charge is 2.16. The van der Waals surface area contributed by atoms with E-state index in [0.717, 1.165) is 5.56 Å². The molecule has 0 spiro atoms. The number of carbonyl (C=O) groups excluding carboxylic acids is 2. The highest BCUT2D eigenvalue weighted by Crippen LogP contribution is 2.25. The van der Waals surface area contributed by atoms with Gasteiger partial charge in [0.25, 0.3) is 5.91 Å². The lowest BCUT2D eigenvalue weighted by atomic mass is 10.0. The smallest absolute Gasteiger partial charge is 0.251 e. The van der Waals surface area contributed by atoms with Gasteiger partial charge in [0.15, 0.2) is 17.5 Å². The fourth-order valence-electron chi connectivity index (χ4n) is 4.10. The molecule has 0 aliphatic heterocycles. The van der Waals surface area contributed by atoms with Gasteiger partial charge in [-0.15, -0.1) is 0 Å². The molecule has 2 atom stereocenters. The van der Waals surface area contributed by atoms with Crippen LogP contribution in [-0.2, 0) is 11.2 Å². The number of halogens is 2. The van der Waals surface area contributed by atoms with Gasteiger partial charge in [-0.2, -0.15) is 0 Å². The summed E-state index contributed by atoms with van der Waals surface area (Å²) in [4.78, 5) is 33.6. The van der Waals surface area contributed by atoms with Crippen molar-refractivity contribution in [3.8, 4) is 0 Å². The molecule has 0 fully saturated rings. The SMILES string of the molecule is C\C=C/N=C(Nc1ccc(C(=O)NCC(O)CNC(=O)CC(O)CC)c(CC)c1)\C(C)=N\C=C(/C)c1ccc(NC)c(F)c1F. The Labute approximate surface area is 263 Å². The van der Waals surface area contributed by atoms with Crippen LogP contribution in [0.4, 0.5) is 20.2 Å². The molecule has 0 bridgehead atoms. The molecule has 2 amide bonds. The van der Waals surface area contributed by atoms with Crippen LogP contribution in [0.5, 0.6) is 0 Å². The van der Waals surface area contributed by atoms with E-state index in [1.54, 1.807) is 45.2 Å². The number of aryl methyl sites for hydroxylation is 1. The summed E-state index contributed by atoms with van der Waals surface area (Å²) in [6.07, 6.45) is 3.98. The number of aliphatic hydroxyl groups excluding tert-OH is 2. The Morgan fingerprint density at radius 2 is 1.64 bits per heavy atom. The molecule has 0 saturated heterocycles. The zero-order valence-electron chi connectivity index (χ0n) is 26.7.